The van der Waals surface area contributed by atoms with E-state index in [4.69, 9.17) is 0 Å². The summed E-state index contributed by atoms with van der Waals surface area (Å²) in [7, 11) is 0. The number of carbonyl (C=O) groups is 1. The molecule has 1 saturated heterocycles. The first-order valence-corrected chi connectivity index (χ1v) is 8.32. The minimum Gasteiger partial charge on any atom is -0.369 e. The van der Waals surface area contributed by atoms with Gasteiger partial charge in [0.05, 0.1) is 6.54 Å². The lowest BCUT2D eigenvalue weighted by Gasteiger charge is -2.35. The molecule has 1 fully saturated rings. The molecular weight excluding hydrogens is 296 g/mol. The van der Waals surface area contributed by atoms with Crippen LogP contribution >= 0.6 is 11.3 Å². The predicted molar refractivity (Wildman–Crippen MR) is 90.6 cm³/mol. The van der Waals surface area contributed by atoms with Crippen molar-refractivity contribution in [3.63, 3.8) is 0 Å². The van der Waals surface area contributed by atoms with Crippen LogP contribution in [0.2, 0.25) is 0 Å². The smallest absolute Gasteiger partial charge is 0.240 e. The first-order chi connectivity index (χ1) is 10.7. The molecular formula is C16H20N4OS. The number of nitrogens with zero attached hydrogens (tertiary/aromatic N) is 3. The molecule has 0 atom stereocenters. The van der Waals surface area contributed by atoms with E-state index in [9.17, 15) is 4.79 Å². The molecule has 3 rings (SSSR count). The highest BCUT2D eigenvalue weighted by Crippen LogP contribution is 2.17. The van der Waals surface area contributed by atoms with Gasteiger partial charge in [0, 0.05) is 43.4 Å². The molecule has 1 aliphatic rings. The average Bonchev–Trinajstić information content (AvgIpc) is 3.01. The van der Waals surface area contributed by atoms with Crippen LogP contribution in [-0.4, -0.2) is 48.5 Å². The van der Waals surface area contributed by atoms with Crippen molar-refractivity contribution in [1.29, 1.82) is 0 Å². The van der Waals surface area contributed by atoms with Crippen LogP contribution < -0.4 is 10.2 Å². The number of benzene rings is 1. The zero-order chi connectivity index (χ0) is 15.4. The van der Waals surface area contributed by atoms with Gasteiger partial charge in [-0.2, -0.15) is 0 Å². The average molecular weight is 316 g/mol. The normalized spacial score (nSPS) is 15.8. The topological polar surface area (TPSA) is 48.5 Å². The number of hydrogen-bond donors (Lipinski definition) is 1. The molecule has 116 valence electrons. The standard InChI is InChI=1S/C16H20N4OS/c1-13-3-2-4-14(11-13)20-8-6-19(7-9-20)12-15(21)18-16-17-5-10-22-16/h2-5,10-11H,6-9,12H2,1H3,(H,17,18,21). The highest BCUT2D eigenvalue weighted by Gasteiger charge is 2.19. The Labute approximate surface area is 134 Å². The Balaban J connectivity index is 1.48. The van der Waals surface area contributed by atoms with E-state index in [-0.39, 0.29) is 5.91 Å². The Hall–Kier alpha value is -1.92. The third-order valence-electron chi connectivity index (χ3n) is 3.78. The van der Waals surface area contributed by atoms with Crippen LogP contribution in [0, 0.1) is 6.92 Å². The number of piperazine rings is 1. The van der Waals surface area contributed by atoms with Crippen molar-refractivity contribution in [1.82, 2.24) is 9.88 Å². The first-order valence-electron chi connectivity index (χ1n) is 7.44. The van der Waals surface area contributed by atoms with Crippen LogP contribution in [0.5, 0.6) is 0 Å². The number of hydrogen-bond acceptors (Lipinski definition) is 5. The molecule has 5 nitrogen and oxygen atoms in total. The highest BCUT2D eigenvalue weighted by atomic mass is 32.1. The van der Waals surface area contributed by atoms with E-state index in [0.29, 0.717) is 11.7 Å². The fraction of sp³-hybridized carbons (Fsp3) is 0.375. The number of thiazole rings is 1. The van der Waals surface area contributed by atoms with Gasteiger partial charge in [0.1, 0.15) is 0 Å². The number of rotatable bonds is 4. The molecule has 0 aliphatic carbocycles. The Bertz CT molecular complexity index is 621. The lowest BCUT2D eigenvalue weighted by molar-refractivity contribution is -0.117. The quantitative estimate of drug-likeness (QED) is 0.939. The zero-order valence-corrected chi connectivity index (χ0v) is 13.5. The van der Waals surface area contributed by atoms with Gasteiger partial charge in [0.25, 0.3) is 0 Å². The minimum absolute atomic E-state index is 0.0129. The third kappa shape index (κ3) is 3.84. The Morgan fingerprint density at radius 1 is 1.32 bits per heavy atom. The van der Waals surface area contributed by atoms with Crippen LogP contribution in [0.4, 0.5) is 10.8 Å². The zero-order valence-electron chi connectivity index (χ0n) is 12.7. The molecule has 0 spiro atoms. The largest absolute Gasteiger partial charge is 0.369 e. The lowest BCUT2D eigenvalue weighted by atomic mass is 10.2. The van der Waals surface area contributed by atoms with Crippen LogP contribution in [0.3, 0.4) is 0 Å². The monoisotopic (exact) mass is 316 g/mol. The first kappa shape index (κ1) is 15.0. The molecule has 2 aromatic rings. The molecule has 1 N–H and O–H groups in total. The summed E-state index contributed by atoms with van der Waals surface area (Å²) in [4.78, 5) is 20.6. The molecule has 1 amide bonds. The fourth-order valence-electron chi connectivity index (χ4n) is 2.64. The predicted octanol–water partition coefficient (Wildman–Crippen LogP) is 2.21. The van der Waals surface area contributed by atoms with E-state index >= 15 is 0 Å². The van der Waals surface area contributed by atoms with Crippen molar-refractivity contribution >= 4 is 28.1 Å². The van der Waals surface area contributed by atoms with Crippen molar-refractivity contribution in [2.75, 3.05) is 42.9 Å². The van der Waals surface area contributed by atoms with E-state index < -0.39 is 0 Å². The van der Waals surface area contributed by atoms with Gasteiger partial charge in [0.15, 0.2) is 5.13 Å². The summed E-state index contributed by atoms with van der Waals surface area (Å²) in [6, 6.07) is 8.57. The Morgan fingerprint density at radius 2 is 2.14 bits per heavy atom. The van der Waals surface area contributed by atoms with Crippen molar-refractivity contribution in [3.8, 4) is 0 Å². The van der Waals surface area contributed by atoms with E-state index in [2.05, 4.69) is 51.3 Å². The summed E-state index contributed by atoms with van der Waals surface area (Å²) >= 11 is 1.44. The summed E-state index contributed by atoms with van der Waals surface area (Å²) < 4.78 is 0. The van der Waals surface area contributed by atoms with E-state index in [1.807, 2.05) is 5.38 Å². The summed E-state index contributed by atoms with van der Waals surface area (Å²) in [5.41, 5.74) is 2.55. The maximum Gasteiger partial charge on any atom is 0.240 e. The molecule has 1 aromatic carbocycles. The van der Waals surface area contributed by atoms with Crippen LogP contribution in [0.1, 0.15) is 5.56 Å². The van der Waals surface area contributed by atoms with E-state index in [1.54, 1.807) is 6.20 Å². The Kier molecular flexibility index (Phi) is 4.70. The SMILES string of the molecule is Cc1cccc(N2CCN(CC(=O)Nc3nccs3)CC2)c1. The molecule has 22 heavy (non-hydrogen) atoms. The van der Waals surface area contributed by atoms with Crippen LogP contribution in [-0.2, 0) is 4.79 Å². The van der Waals surface area contributed by atoms with Crippen LogP contribution in [0.25, 0.3) is 0 Å². The van der Waals surface area contributed by atoms with Gasteiger partial charge in [-0.05, 0) is 24.6 Å². The third-order valence-corrected chi connectivity index (χ3v) is 4.47. The second-order valence-electron chi connectivity index (χ2n) is 5.49. The van der Waals surface area contributed by atoms with Gasteiger partial charge < -0.3 is 10.2 Å². The van der Waals surface area contributed by atoms with Crippen molar-refractivity contribution < 1.29 is 4.79 Å². The molecule has 0 bridgehead atoms. The number of aryl methyl sites for hydroxylation is 1. The molecule has 0 radical (unpaired) electrons. The van der Waals surface area contributed by atoms with Gasteiger partial charge in [-0.1, -0.05) is 12.1 Å². The maximum atomic E-state index is 12.0. The number of amides is 1. The number of aromatic nitrogens is 1. The van der Waals surface area contributed by atoms with E-state index in [0.717, 1.165) is 26.2 Å². The number of nitrogens with one attached hydrogen (secondary N) is 1. The van der Waals surface area contributed by atoms with E-state index in [1.165, 1.54) is 22.6 Å². The lowest BCUT2D eigenvalue weighted by Crippen LogP contribution is -2.48. The summed E-state index contributed by atoms with van der Waals surface area (Å²) in [6.45, 7) is 6.25. The maximum absolute atomic E-state index is 12.0. The molecule has 0 saturated carbocycles. The molecule has 1 aliphatic heterocycles. The number of carbonyl (C=O) groups excluding carboxylic acids is 1. The van der Waals surface area contributed by atoms with Gasteiger partial charge in [-0.3, -0.25) is 9.69 Å². The van der Waals surface area contributed by atoms with Crippen molar-refractivity contribution in [3.05, 3.63) is 41.4 Å². The van der Waals surface area contributed by atoms with Crippen LogP contribution in [0.15, 0.2) is 35.8 Å². The minimum atomic E-state index is 0.0129. The van der Waals surface area contributed by atoms with Crippen molar-refractivity contribution in [2.45, 2.75) is 6.92 Å². The molecule has 1 aromatic heterocycles. The molecule has 6 heteroatoms. The fourth-order valence-corrected chi connectivity index (χ4v) is 3.18. The molecule has 0 unspecified atom stereocenters. The summed E-state index contributed by atoms with van der Waals surface area (Å²) in [6.07, 6.45) is 1.70. The Morgan fingerprint density at radius 3 is 2.82 bits per heavy atom. The molecule has 2 heterocycles. The van der Waals surface area contributed by atoms with Gasteiger partial charge in [-0.15, -0.1) is 11.3 Å². The number of anilines is 2. The van der Waals surface area contributed by atoms with Gasteiger partial charge in [0.2, 0.25) is 5.91 Å². The second kappa shape index (κ2) is 6.89. The van der Waals surface area contributed by atoms with Crippen molar-refractivity contribution in [2.24, 2.45) is 0 Å². The highest BCUT2D eigenvalue weighted by molar-refractivity contribution is 7.13. The summed E-state index contributed by atoms with van der Waals surface area (Å²) in [5.74, 6) is 0.0129. The second-order valence-corrected chi connectivity index (χ2v) is 6.38. The van der Waals surface area contributed by atoms with Gasteiger partial charge in [-0.25, -0.2) is 4.98 Å². The van der Waals surface area contributed by atoms with Gasteiger partial charge >= 0.3 is 0 Å². The summed E-state index contributed by atoms with van der Waals surface area (Å²) in [5, 5.41) is 5.36.